The van der Waals surface area contributed by atoms with Gasteiger partial charge in [0.2, 0.25) is 0 Å². The van der Waals surface area contributed by atoms with Gasteiger partial charge in [0, 0.05) is 16.4 Å². The Bertz CT molecular complexity index is 1250. The fraction of sp³-hybridized carbons (Fsp3) is 0.174. The number of ether oxygens (including phenoxy) is 2. The van der Waals surface area contributed by atoms with Crippen LogP contribution in [0.3, 0.4) is 0 Å². The number of amides is 1. The zero-order valence-electron chi connectivity index (χ0n) is 18.1. The maximum atomic E-state index is 12.7. The largest absolute Gasteiger partial charge is 0.377 e. The maximum absolute atomic E-state index is 12.7. The Hall–Kier alpha value is -2.04. The first-order chi connectivity index (χ1) is 16.7. The van der Waals surface area contributed by atoms with Crippen LogP contribution >= 0.6 is 46.4 Å². The van der Waals surface area contributed by atoms with Crippen molar-refractivity contribution >= 4 is 73.7 Å². The number of halogens is 4. The molecule has 2 N–H and O–H groups in total. The Labute approximate surface area is 223 Å². The Morgan fingerprint density at radius 1 is 0.743 bits per heavy atom. The molecule has 1 aliphatic heterocycles. The van der Waals surface area contributed by atoms with Crippen LogP contribution in [-0.2, 0) is 19.5 Å². The third kappa shape index (κ3) is 7.98. The lowest BCUT2D eigenvalue weighted by Crippen LogP contribution is -2.16. The van der Waals surface area contributed by atoms with Gasteiger partial charge in [-0.1, -0.05) is 52.5 Å². The van der Waals surface area contributed by atoms with Crippen molar-refractivity contribution in [3.8, 4) is 0 Å². The molecule has 1 saturated heterocycles. The monoisotopic (exact) mass is 576 g/mol. The van der Waals surface area contributed by atoms with Crippen LogP contribution in [0.25, 0.3) is 0 Å². The van der Waals surface area contributed by atoms with Crippen LogP contribution in [0.5, 0.6) is 0 Å². The first-order valence-corrected chi connectivity index (χ1v) is 13.2. The van der Waals surface area contributed by atoms with Crippen LogP contribution in [-0.4, -0.2) is 40.8 Å². The Kier molecular flexibility index (Phi) is 10.1. The average molecular weight is 578 g/mol. The van der Waals surface area contributed by atoms with Gasteiger partial charge in [0.1, 0.15) is 4.90 Å². The molecule has 7 nitrogen and oxygen atoms in total. The summed E-state index contributed by atoms with van der Waals surface area (Å²) in [6, 6.07) is 14.8. The van der Waals surface area contributed by atoms with E-state index in [1.54, 1.807) is 18.2 Å². The number of rotatable bonds is 5. The van der Waals surface area contributed by atoms with E-state index in [9.17, 15) is 13.2 Å². The van der Waals surface area contributed by atoms with Crippen molar-refractivity contribution in [1.29, 1.82) is 0 Å². The summed E-state index contributed by atoms with van der Waals surface area (Å²) in [7, 11) is -4.02. The van der Waals surface area contributed by atoms with Crippen molar-refractivity contribution in [2.24, 2.45) is 0 Å². The zero-order chi connectivity index (χ0) is 25.4. The minimum Gasteiger partial charge on any atom is -0.377 e. The van der Waals surface area contributed by atoms with E-state index in [0.717, 1.165) is 26.4 Å². The Balaban J connectivity index is 0.000000497. The van der Waals surface area contributed by atoms with E-state index in [0.29, 0.717) is 10.7 Å². The van der Waals surface area contributed by atoms with Crippen molar-refractivity contribution < 1.29 is 22.7 Å². The van der Waals surface area contributed by atoms with Crippen LogP contribution in [0.4, 0.5) is 11.4 Å². The smallest absolute Gasteiger partial charge is 0.263 e. The van der Waals surface area contributed by atoms with Crippen molar-refractivity contribution in [2.45, 2.75) is 4.90 Å². The summed E-state index contributed by atoms with van der Waals surface area (Å²) in [6.45, 7) is 3.11. The standard InChI is InChI=1S/C19H12Cl4N2O3S.C4H8O2/c20-11-4-6-12(7-5-11)25-29(27,28)17-10-13(8-9-14(17)21)24-19(26)18-15(22)2-1-3-16(18)23;1-2-6-4-3-5-1/h1-10,25H,(H,24,26);1-4H2. The molecule has 35 heavy (non-hydrogen) atoms. The molecule has 4 rings (SSSR count). The molecule has 1 amide bonds. The molecule has 0 aromatic heterocycles. The van der Waals surface area contributed by atoms with Gasteiger partial charge in [-0.05, 0) is 54.6 Å². The second-order valence-corrected chi connectivity index (χ2v) is 10.3. The molecular weight excluding hydrogens is 558 g/mol. The second kappa shape index (κ2) is 12.8. The average Bonchev–Trinajstić information content (AvgIpc) is 2.83. The molecule has 3 aromatic rings. The minimum absolute atomic E-state index is 0.0137. The maximum Gasteiger partial charge on any atom is 0.263 e. The summed E-state index contributed by atoms with van der Waals surface area (Å²) in [5.74, 6) is -0.586. The molecular formula is C23H20Cl4N2O5S. The number of hydrogen-bond donors (Lipinski definition) is 2. The predicted octanol–water partition coefficient (Wildman–Crippen LogP) is 6.39. The lowest BCUT2D eigenvalue weighted by molar-refractivity contribution is -0.0334. The number of nitrogens with one attached hydrogen (secondary N) is 2. The number of hydrogen-bond acceptors (Lipinski definition) is 5. The minimum atomic E-state index is -4.02. The van der Waals surface area contributed by atoms with E-state index in [1.807, 2.05) is 0 Å². The van der Waals surface area contributed by atoms with Gasteiger partial charge < -0.3 is 14.8 Å². The molecule has 0 atom stereocenters. The lowest BCUT2D eigenvalue weighted by atomic mass is 10.2. The van der Waals surface area contributed by atoms with Crippen molar-refractivity contribution in [1.82, 2.24) is 0 Å². The predicted molar refractivity (Wildman–Crippen MR) is 140 cm³/mol. The van der Waals surface area contributed by atoms with Gasteiger partial charge in [0.15, 0.2) is 0 Å². The number of benzene rings is 3. The molecule has 12 heteroatoms. The van der Waals surface area contributed by atoms with E-state index in [1.165, 1.54) is 42.5 Å². The third-order valence-corrected chi connectivity index (χ3v) is 7.25. The van der Waals surface area contributed by atoms with Gasteiger partial charge >= 0.3 is 0 Å². The molecule has 1 aliphatic rings. The van der Waals surface area contributed by atoms with E-state index in [4.69, 9.17) is 55.9 Å². The van der Waals surface area contributed by atoms with Gasteiger partial charge in [-0.25, -0.2) is 8.42 Å². The Morgan fingerprint density at radius 2 is 1.29 bits per heavy atom. The highest BCUT2D eigenvalue weighted by atomic mass is 35.5. The topological polar surface area (TPSA) is 93.7 Å². The first-order valence-electron chi connectivity index (χ1n) is 10.2. The summed E-state index contributed by atoms with van der Waals surface area (Å²) in [5.41, 5.74) is 0.587. The molecule has 1 fully saturated rings. The number of carbonyl (C=O) groups is 1. The molecule has 0 aliphatic carbocycles. The second-order valence-electron chi connectivity index (χ2n) is 7.03. The molecule has 0 spiro atoms. The van der Waals surface area contributed by atoms with Gasteiger partial charge in [-0.3, -0.25) is 9.52 Å². The van der Waals surface area contributed by atoms with E-state index in [-0.39, 0.29) is 31.2 Å². The van der Waals surface area contributed by atoms with Gasteiger partial charge in [0.25, 0.3) is 15.9 Å². The highest BCUT2D eigenvalue weighted by Crippen LogP contribution is 2.29. The van der Waals surface area contributed by atoms with E-state index >= 15 is 0 Å². The number of sulfonamides is 1. The molecule has 0 unspecified atom stereocenters. The van der Waals surface area contributed by atoms with Crippen LogP contribution in [0.2, 0.25) is 20.1 Å². The normalized spacial score (nSPS) is 13.4. The summed E-state index contributed by atoms with van der Waals surface area (Å²) >= 11 is 24.0. The van der Waals surface area contributed by atoms with E-state index in [2.05, 4.69) is 10.0 Å². The highest BCUT2D eigenvalue weighted by Gasteiger charge is 2.21. The van der Waals surface area contributed by atoms with Gasteiger partial charge in [-0.15, -0.1) is 0 Å². The van der Waals surface area contributed by atoms with Crippen LogP contribution in [0, 0.1) is 0 Å². The molecule has 0 saturated carbocycles. The van der Waals surface area contributed by atoms with Gasteiger partial charge in [0.05, 0.1) is 47.1 Å². The van der Waals surface area contributed by atoms with E-state index < -0.39 is 15.9 Å². The number of carbonyl (C=O) groups excluding carboxylic acids is 1. The lowest BCUT2D eigenvalue weighted by Gasteiger charge is -2.13. The van der Waals surface area contributed by atoms with Gasteiger partial charge in [-0.2, -0.15) is 0 Å². The molecule has 0 radical (unpaired) electrons. The fourth-order valence-corrected chi connectivity index (χ4v) is 5.14. The van der Waals surface area contributed by atoms with Crippen LogP contribution < -0.4 is 10.0 Å². The zero-order valence-corrected chi connectivity index (χ0v) is 21.9. The summed E-state index contributed by atoms with van der Waals surface area (Å²) in [4.78, 5) is 12.3. The quantitative estimate of drug-likeness (QED) is 0.366. The van der Waals surface area contributed by atoms with Crippen molar-refractivity contribution in [3.63, 3.8) is 0 Å². The Morgan fingerprint density at radius 3 is 1.83 bits per heavy atom. The summed E-state index contributed by atoms with van der Waals surface area (Å²) in [5, 5.41) is 3.36. The fourth-order valence-electron chi connectivity index (χ4n) is 2.86. The van der Waals surface area contributed by atoms with Crippen LogP contribution in [0.1, 0.15) is 10.4 Å². The highest BCUT2D eigenvalue weighted by molar-refractivity contribution is 7.92. The van der Waals surface area contributed by atoms with Crippen molar-refractivity contribution in [2.75, 3.05) is 36.5 Å². The number of anilines is 2. The molecule has 186 valence electrons. The van der Waals surface area contributed by atoms with Crippen molar-refractivity contribution in [3.05, 3.63) is 86.3 Å². The first kappa shape index (κ1) is 27.5. The van der Waals surface area contributed by atoms with Crippen LogP contribution in [0.15, 0.2) is 65.6 Å². The summed E-state index contributed by atoms with van der Waals surface area (Å²) in [6.07, 6.45) is 0. The third-order valence-electron chi connectivity index (χ3n) is 4.51. The molecule has 3 aromatic carbocycles. The molecule has 1 heterocycles. The summed E-state index contributed by atoms with van der Waals surface area (Å²) < 4.78 is 37.8. The molecule has 0 bridgehead atoms. The SMILES string of the molecule is C1COCCO1.O=C(Nc1ccc(Cl)c(S(=O)(=O)Nc2ccc(Cl)cc2)c1)c1c(Cl)cccc1Cl.